The second-order valence-corrected chi connectivity index (χ2v) is 7.34. The first-order valence-electron chi connectivity index (χ1n) is 4.71. The van der Waals surface area contributed by atoms with E-state index < -0.39 is 5.41 Å². The predicted molar refractivity (Wildman–Crippen MR) is 66.2 cm³/mol. The molecule has 0 bridgehead atoms. The van der Waals surface area contributed by atoms with Crippen molar-refractivity contribution in [1.29, 1.82) is 0 Å². The Kier molecular flexibility index (Phi) is 4.84. The molecule has 0 radical (unpaired) electrons. The zero-order valence-corrected chi connectivity index (χ0v) is 11.7. The average molecular weight is 313 g/mol. The smallest absolute Gasteiger partial charge is 0.223 e. The van der Waals surface area contributed by atoms with E-state index in [0.29, 0.717) is 6.42 Å². The maximum absolute atomic E-state index is 11.1. The fraction of sp³-hybridized carbons (Fsp3) is 0.900. The summed E-state index contributed by atoms with van der Waals surface area (Å²) in [5.41, 5.74) is 4.79. The molecule has 0 aromatic heterocycles. The van der Waals surface area contributed by atoms with E-state index in [1.54, 1.807) is 0 Å². The Morgan fingerprint density at radius 3 is 2.14 bits per heavy atom. The van der Waals surface area contributed by atoms with Crippen LogP contribution < -0.4 is 5.73 Å². The highest BCUT2D eigenvalue weighted by Crippen LogP contribution is 2.27. The van der Waals surface area contributed by atoms with Crippen LogP contribution in [0.2, 0.25) is 0 Å². The summed E-state index contributed by atoms with van der Waals surface area (Å²) < 4.78 is 5.50. The summed E-state index contributed by atoms with van der Waals surface area (Å²) in [5.74, 6) is -0.279. The van der Waals surface area contributed by atoms with Crippen molar-refractivity contribution in [1.82, 2.24) is 0 Å². The summed E-state index contributed by atoms with van der Waals surface area (Å²) >= 11 is 2.22. The highest BCUT2D eigenvalue weighted by Gasteiger charge is 2.29. The average Bonchev–Trinajstić information content (AvgIpc) is 1.79. The highest BCUT2D eigenvalue weighted by molar-refractivity contribution is 14.1. The van der Waals surface area contributed by atoms with Gasteiger partial charge in [-0.15, -0.1) is 0 Å². The molecule has 1 atom stereocenters. The van der Waals surface area contributed by atoms with Crippen LogP contribution in [-0.4, -0.2) is 15.6 Å². The lowest BCUT2D eigenvalue weighted by Gasteiger charge is -2.29. The molecule has 0 aromatic carbocycles. The lowest BCUT2D eigenvalue weighted by molar-refractivity contribution is -0.128. The van der Waals surface area contributed by atoms with Gasteiger partial charge in [-0.3, -0.25) is 4.79 Å². The van der Waals surface area contributed by atoms with Crippen molar-refractivity contribution in [3.05, 3.63) is 0 Å². The Bertz CT molecular complexity index is 209. The van der Waals surface area contributed by atoms with Crippen molar-refractivity contribution in [3.63, 3.8) is 0 Å². The van der Waals surface area contributed by atoms with Gasteiger partial charge in [0.05, 0.1) is 6.10 Å². The molecule has 0 aromatic rings. The van der Waals surface area contributed by atoms with E-state index in [9.17, 15) is 4.79 Å². The van der Waals surface area contributed by atoms with E-state index in [4.69, 9.17) is 10.5 Å². The Morgan fingerprint density at radius 2 is 1.86 bits per heavy atom. The topological polar surface area (TPSA) is 52.3 Å². The van der Waals surface area contributed by atoms with Gasteiger partial charge in [0.15, 0.2) is 0 Å². The molecule has 1 unspecified atom stereocenters. The molecule has 0 aliphatic heterocycles. The number of hydrogen-bond acceptors (Lipinski definition) is 2. The molecule has 2 N–H and O–H groups in total. The number of carbonyl (C=O) groups excluding carboxylic acids is 1. The Labute approximate surface area is 99.9 Å². The van der Waals surface area contributed by atoms with Crippen molar-refractivity contribution < 1.29 is 9.53 Å². The van der Waals surface area contributed by atoms with Crippen molar-refractivity contribution in [2.24, 2.45) is 11.1 Å². The van der Waals surface area contributed by atoms with Crippen LogP contribution in [0.4, 0.5) is 0 Å². The quantitative estimate of drug-likeness (QED) is 0.626. The standard InChI is InChI=1S/C10H20INO2/c1-7(14-10(4,5)11)6-9(2,3)8(12)13/h7H,6H2,1-5H3,(H2,12,13). The third kappa shape index (κ3) is 5.80. The Morgan fingerprint density at radius 1 is 1.43 bits per heavy atom. The van der Waals surface area contributed by atoms with Crippen LogP contribution >= 0.6 is 22.6 Å². The normalized spacial score (nSPS) is 15.3. The van der Waals surface area contributed by atoms with Crippen molar-refractivity contribution in [2.45, 2.75) is 50.8 Å². The number of primary amides is 1. The van der Waals surface area contributed by atoms with E-state index in [0.717, 1.165) is 0 Å². The molecule has 84 valence electrons. The Hall–Kier alpha value is 0.160. The molecule has 4 heteroatoms. The first kappa shape index (κ1) is 14.2. The molecular formula is C10H20INO2. The van der Waals surface area contributed by atoms with E-state index in [1.807, 2.05) is 34.6 Å². The summed E-state index contributed by atoms with van der Waals surface area (Å²) in [7, 11) is 0. The molecule has 0 saturated heterocycles. The van der Waals surface area contributed by atoms with Gasteiger partial charge in [0.25, 0.3) is 0 Å². The SMILES string of the molecule is CC(CC(C)(C)C(N)=O)OC(C)(C)I. The van der Waals surface area contributed by atoms with Gasteiger partial charge in [-0.2, -0.15) is 0 Å². The van der Waals surface area contributed by atoms with Gasteiger partial charge in [0.2, 0.25) is 5.91 Å². The van der Waals surface area contributed by atoms with Crippen LogP contribution in [0.15, 0.2) is 0 Å². The zero-order chi connectivity index (χ0) is 11.6. The molecule has 0 fully saturated rings. The first-order chi connectivity index (χ1) is 6.04. The highest BCUT2D eigenvalue weighted by atomic mass is 127. The van der Waals surface area contributed by atoms with Gasteiger partial charge in [-0.25, -0.2) is 0 Å². The molecular weight excluding hydrogens is 293 g/mol. The maximum atomic E-state index is 11.1. The molecule has 0 heterocycles. The molecule has 14 heavy (non-hydrogen) atoms. The molecule has 0 aliphatic rings. The molecule has 0 spiro atoms. The zero-order valence-electron chi connectivity index (χ0n) is 9.56. The van der Waals surface area contributed by atoms with Crippen LogP contribution in [0, 0.1) is 5.41 Å². The van der Waals surface area contributed by atoms with Crippen LogP contribution in [-0.2, 0) is 9.53 Å². The third-order valence-corrected chi connectivity index (χ3v) is 2.20. The van der Waals surface area contributed by atoms with Gasteiger partial charge in [-0.1, -0.05) is 13.8 Å². The molecule has 0 saturated carbocycles. The minimum atomic E-state index is -0.499. The number of halogens is 1. The number of amides is 1. The summed E-state index contributed by atoms with van der Waals surface area (Å²) in [6.45, 7) is 9.62. The minimum absolute atomic E-state index is 0.0319. The minimum Gasteiger partial charge on any atom is -0.369 e. The molecule has 1 amide bonds. The summed E-state index contributed by atoms with van der Waals surface area (Å²) in [6, 6.07) is 0. The van der Waals surface area contributed by atoms with Crippen LogP contribution in [0.5, 0.6) is 0 Å². The lowest BCUT2D eigenvalue weighted by atomic mass is 9.86. The van der Waals surface area contributed by atoms with Crippen molar-refractivity contribution in [3.8, 4) is 0 Å². The maximum Gasteiger partial charge on any atom is 0.223 e. The van der Waals surface area contributed by atoms with Crippen molar-refractivity contribution in [2.75, 3.05) is 0 Å². The fourth-order valence-corrected chi connectivity index (χ4v) is 1.77. The van der Waals surface area contributed by atoms with Gasteiger partial charge in [-0.05, 0) is 49.8 Å². The number of alkyl halides is 1. The van der Waals surface area contributed by atoms with Crippen LogP contribution in [0.3, 0.4) is 0 Å². The predicted octanol–water partition coefficient (Wildman–Crippen LogP) is 2.46. The summed E-state index contributed by atoms with van der Waals surface area (Å²) in [5, 5.41) is 0. The van der Waals surface area contributed by atoms with Crippen LogP contribution in [0.1, 0.15) is 41.0 Å². The van der Waals surface area contributed by atoms with E-state index >= 15 is 0 Å². The van der Waals surface area contributed by atoms with E-state index in [2.05, 4.69) is 22.6 Å². The van der Waals surface area contributed by atoms with E-state index in [1.165, 1.54) is 0 Å². The summed E-state index contributed by atoms with van der Waals surface area (Å²) in [6.07, 6.45) is 0.679. The molecule has 0 aliphatic carbocycles. The number of ether oxygens (including phenoxy) is 1. The van der Waals surface area contributed by atoms with Gasteiger partial charge in [0, 0.05) is 5.41 Å². The molecule has 3 nitrogen and oxygen atoms in total. The number of hydrogen-bond donors (Lipinski definition) is 1. The second-order valence-electron chi connectivity index (χ2n) is 4.74. The van der Waals surface area contributed by atoms with Gasteiger partial charge < -0.3 is 10.5 Å². The van der Waals surface area contributed by atoms with Crippen molar-refractivity contribution >= 4 is 28.5 Å². The largest absolute Gasteiger partial charge is 0.369 e. The monoisotopic (exact) mass is 313 g/mol. The third-order valence-electron chi connectivity index (χ3n) is 1.95. The second kappa shape index (κ2) is 4.79. The van der Waals surface area contributed by atoms with Crippen LogP contribution in [0.25, 0.3) is 0 Å². The summed E-state index contributed by atoms with van der Waals surface area (Å²) in [4.78, 5) is 11.1. The fourth-order valence-electron chi connectivity index (χ4n) is 1.34. The first-order valence-corrected chi connectivity index (χ1v) is 5.79. The lowest BCUT2D eigenvalue weighted by Crippen LogP contribution is -2.36. The number of carbonyl (C=O) groups is 1. The van der Waals surface area contributed by atoms with E-state index in [-0.39, 0.29) is 15.6 Å². The number of rotatable bonds is 5. The molecule has 0 rings (SSSR count). The number of nitrogens with two attached hydrogens (primary N) is 1. The van der Waals surface area contributed by atoms with Gasteiger partial charge >= 0.3 is 0 Å². The van der Waals surface area contributed by atoms with Gasteiger partial charge in [0.1, 0.15) is 3.61 Å². The Balaban J connectivity index is 4.19.